The Kier molecular flexibility index (Phi) is 4.11. The number of nitrogens with zero attached hydrogens (tertiary/aromatic N) is 2. The average molecular weight is 372 g/mol. The molecule has 0 radical (unpaired) electrons. The van der Waals surface area contributed by atoms with Crippen LogP contribution in [0, 0.1) is 0 Å². The predicted molar refractivity (Wildman–Crippen MR) is 101 cm³/mol. The summed E-state index contributed by atoms with van der Waals surface area (Å²) in [6.07, 6.45) is 0. The lowest BCUT2D eigenvalue weighted by Crippen LogP contribution is -2.37. The molecule has 136 valence electrons. The molecular formula is C19H20N2O4S. The zero-order valence-electron chi connectivity index (χ0n) is 14.4. The Morgan fingerprint density at radius 3 is 2.00 bits per heavy atom. The lowest BCUT2D eigenvalue weighted by Gasteiger charge is -2.22. The minimum atomic E-state index is -3.19. The number of hydrogen-bond acceptors (Lipinski definition) is 4. The fraction of sp³-hybridized carbons (Fsp3) is 0.316. The molecule has 2 aromatic rings. The van der Waals surface area contributed by atoms with Crippen LogP contribution < -0.4 is 14.5 Å². The van der Waals surface area contributed by atoms with Crippen molar-refractivity contribution < 1.29 is 17.9 Å². The number of ether oxygens (including phenoxy) is 1. The Balaban J connectivity index is 1.73. The monoisotopic (exact) mass is 372 g/mol. The van der Waals surface area contributed by atoms with Crippen molar-refractivity contribution >= 4 is 27.2 Å². The summed E-state index contributed by atoms with van der Waals surface area (Å²) in [5.74, 6) is 0.699. The van der Waals surface area contributed by atoms with E-state index in [2.05, 4.69) is 0 Å². The zero-order valence-corrected chi connectivity index (χ0v) is 15.2. The highest BCUT2D eigenvalue weighted by Crippen LogP contribution is 2.38. The number of rotatable bonds is 4. The van der Waals surface area contributed by atoms with Gasteiger partial charge < -0.3 is 4.74 Å². The van der Waals surface area contributed by atoms with E-state index in [0.29, 0.717) is 12.3 Å². The lowest BCUT2D eigenvalue weighted by molar-refractivity contribution is 0.255. The second kappa shape index (κ2) is 6.32. The van der Waals surface area contributed by atoms with E-state index >= 15 is 0 Å². The summed E-state index contributed by atoms with van der Waals surface area (Å²) in [6, 6.07) is 15.5. The molecule has 4 rings (SSSR count). The van der Waals surface area contributed by atoms with Crippen LogP contribution in [0.15, 0.2) is 54.6 Å². The smallest absolute Gasteiger partial charge is 0.329 e. The minimum absolute atomic E-state index is 0.00810. The summed E-state index contributed by atoms with van der Waals surface area (Å²) in [7, 11) is -3.19. The zero-order chi connectivity index (χ0) is 18.3. The molecule has 2 fully saturated rings. The van der Waals surface area contributed by atoms with E-state index in [4.69, 9.17) is 4.74 Å². The summed E-state index contributed by atoms with van der Waals surface area (Å²) in [5.41, 5.74) is 1.40. The number of carbonyl (C=O) groups excluding carboxylic acids is 1. The molecule has 0 unspecified atom stereocenters. The van der Waals surface area contributed by atoms with Crippen molar-refractivity contribution in [2.75, 3.05) is 27.9 Å². The van der Waals surface area contributed by atoms with Gasteiger partial charge in [-0.3, -0.25) is 9.80 Å². The third kappa shape index (κ3) is 2.82. The number of carbonyl (C=O) groups is 1. The Hall–Kier alpha value is -2.54. The van der Waals surface area contributed by atoms with Gasteiger partial charge in [0.05, 0.1) is 30.2 Å². The molecule has 2 aliphatic heterocycles. The number of sulfone groups is 1. The van der Waals surface area contributed by atoms with E-state index in [1.54, 1.807) is 34.1 Å². The maximum absolute atomic E-state index is 13.2. The molecule has 2 aliphatic rings. The lowest BCUT2D eigenvalue weighted by atomic mass is 10.1. The third-order valence-corrected chi connectivity index (χ3v) is 6.53. The van der Waals surface area contributed by atoms with Crippen molar-refractivity contribution in [3.63, 3.8) is 0 Å². The second-order valence-electron chi connectivity index (χ2n) is 6.50. The normalized spacial score (nSPS) is 24.0. The number of urea groups is 1. The topological polar surface area (TPSA) is 66.9 Å². The number of anilines is 2. The van der Waals surface area contributed by atoms with E-state index in [0.717, 1.165) is 11.4 Å². The molecule has 0 bridgehead atoms. The third-order valence-electron chi connectivity index (χ3n) is 4.83. The van der Waals surface area contributed by atoms with Gasteiger partial charge in [-0.1, -0.05) is 18.2 Å². The molecule has 2 aromatic carbocycles. The molecule has 26 heavy (non-hydrogen) atoms. The first-order chi connectivity index (χ1) is 12.5. The van der Waals surface area contributed by atoms with Crippen LogP contribution in [0.3, 0.4) is 0 Å². The number of para-hydroxylation sites is 1. The van der Waals surface area contributed by atoms with Crippen molar-refractivity contribution in [1.82, 2.24) is 0 Å². The molecule has 6 nitrogen and oxygen atoms in total. The molecule has 2 amide bonds. The molecule has 0 saturated carbocycles. The highest BCUT2D eigenvalue weighted by molar-refractivity contribution is 7.91. The number of hydrogen-bond donors (Lipinski definition) is 0. The standard InChI is InChI=1S/C19H20N2O4S/c1-2-25-16-10-8-15(9-11-16)21-18-13-26(23,24)12-17(18)20(19(21)22)14-6-4-3-5-7-14/h3-11,17-18H,2,12-13H2,1H3/t17-,18+/m1/s1. The van der Waals surface area contributed by atoms with E-state index in [9.17, 15) is 13.2 Å². The van der Waals surface area contributed by atoms with Gasteiger partial charge in [0.25, 0.3) is 0 Å². The van der Waals surface area contributed by atoms with Gasteiger partial charge in [-0.25, -0.2) is 13.2 Å². The van der Waals surface area contributed by atoms with Crippen LogP contribution >= 0.6 is 0 Å². The van der Waals surface area contributed by atoms with Gasteiger partial charge in [0, 0.05) is 11.4 Å². The van der Waals surface area contributed by atoms with Crippen LogP contribution in [0.25, 0.3) is 0 Å². The Morgan fingerprint density at radius 2 is 1.46 bits per heavy atom. The summed E-state index contributed by atoms with van der Waals surface area (Å²) in [5, 5.41) is 0. The maximum atomic E-state index is 13.2. The van der Waals surface area contributed by atoms with Crippen LogP contribution in [0.4, 0.5) is 16.2 Å². The van der Waals surface area contributed by atoms with Gasteiger partial charge in [0.15, 0.2) is 9.84 Å². The van der Waals surface area contributed by atoms with Gasteiger partial charge >= 0.3 is 6.03 Å². The van der Waals surface area contributed by atoms with Crippen molar-refractivity contribution in [3.05, 3.63) is 54.6 Å². The van der Waals surface area contributed by atoms with E-state index < -0.39 is 9.84 Å². The predicted octanol–water partition coefficient (Wildman–Crippen LogP) is 2.70. The van der Waals surface area contributed by atoms with E-state index in [1.165, 1.54) is 0 Å². The van der Waals surface area contributed by atoms with Crippen molar-refractivity contribution in [2.45, 2.75) is 19.0 Å². The van der Waals surface area contributed by atoms with E-state index in [-0.39, 0.29) is 29.6 Å². The quantitative estimate of drug-likeness (QED) is 0.774. The van der Waals surface area contributed by atoms with Crippen molar-refractivity contribution in [2.24, 2.45) is 0 Å². The molecule has 0 aliphatic carbocycles. The first-order valence-corrected chi connectivity index (χ1v) is 10.4. The summed E-state index contributed by atoms with van der Waals surface area (Å²) < 4.78 is 30.0. The van der Waals surface area contributed by atoms with E-state index in [1.807, 2.05) is 37.3 Å². The highest BCUT2D eigenvalue weighted by Gasteiger charge is 2.54. The fourth-order valence-corrected chi connectivity index (χ4v) is 5.68. The molecular weight excluding hydrogens is 352 g/mol. The van der Waals surface area contributed by atoms with Crippen LogP contribution in [-0.4, -0.2) is 44.6 Å². The Bertz CT molecular complexity index is 912. The molecule has 2 heterocycles. The summed E-state index contributed by atoms with van der Waals surface area (Å²) in [4.78, 5) is 16.4. The first kappa shape index (κ1) is 16.9. The van der Waals surface area contributed by atoms with Crippen molar-refractivity contribution in [1.29, 1.82) is 0 Å². The molecule has 2 atom stereocenters. The largest absolute Gasteiger partial charge is 0.494 e. The molecule has 0 aromatic heterocycles. The highest BCUT2D eigenvalue weighted by atomic mass is 32.2. The molecule has 0 N–H and O–H groups in total. The van der Waals surface area contributed by atoms with Gasteiger partial charge in [-0.05, 0) is 43.3 Å². The van der Waals surface area contributed by atoms with Crippen LogP contribution in [-0.2, 0) is 9.84 Å². The van der Waals surface area contributed by atoms with Gasteiger partial charge in [0.1, 0.15) is 5.75 Å². The average Bonchev–Trinajstić information content (AvgIpc) is 3.05. The molecule has 7 heteroatoms. The second-order valence-corrected chi connectivity index (χ2v) is 8.65. The molecule has 2 saturated heterocycles. The number of fused-ring (bicyclic) bond motifs is 1. The van der Waals surface area contributed by atoms with Gasteiger partial charge in [0.2, 0.25) is 0 Å². The fourth-order valence-electron chi connectivity index (χ4n) is 3.77. The minimum Gasteiger partial charge on any atom is -0.494 e. The molecule has 0 spiro atoms. The number of amides is 2. The van der Waals surface area contributed by atoms with Crippen LogP contribution in [0.2, 0.25) is 0 Å². The van der Waals surface area contributed by atoms with Gasteiger partial charge in [-0.2, -0.15) is 0 Å². The number of benzene rings is 2. The summed E-state index contributed by atoms with van der Waals surface area (Å²) >= 11 is 0. The van der Waals surface area contributed by atoms with Crippen LogP contribution in [0.1, 0.15) is 6.92 Å². The SMILES string of the molecule is CCOc1ccc(N2C(=O)N(c3ccccc3)[C@@H]3CS(=O)(=O)C[C@@H]32)cc1. The van der Waals surface area contributed by atoms with Crippen molar-refractivity contribution in [3.8, 4) is 5.75 Å². The maximum Gasteiger partial charge on any atom is 0.329 e. The van der Waals surface area contributed by atoms with Gasteiger partial charge in [-0.15, -0.1) is 0 Å². The summed E-state index contributed by atoms with van der Waals surface area (Å²) in [6.45, 7) is 2.47. The van der Waals surface area contributed by atoms with Crippen LogP contribution in [0.5, 0.6) is 5.75 Å². The Morgan fingerprint density at radius 1 is 0.923 bits per heavy atom. The Labute approximate surface area is 152 Å². The first-order valence-electron chi connectivity index (χ1n) is 8.61.